The molecule has 2 amide bonds. The van der Waals surface area contributed by atoms with Crippen LogP contribution in [0, 0.1) is 5.92 Å². The molecule has 0 aliphatic rings. The van der Waals surface area contributed by atoms with Crippen molar-refractivity contribution in [1.29, 1.82) is 0 Å². The number of halogens is 2. The van der Waals surface area contributed by atoms with Crippen molar-refractivity contribution in [3.8, 4) is 5.75 Å². The van der Waals surface area contributed by atoms with E-state index in [0.717, 1.165) is 0 Å². The van der Waals surface area contributed by atoms with Crippen molar-refractivity contribution in [2.45, 2.75) is 26.5 Å². The second-order valence-corrected chi connectivity index (χ2v) is 4.53. The molecule has 6 nitrogen and oxygen atoms in total. The highest BCUT2D eigenvalue weighted by atomic mass is 19.3. The van der Waals surface area contributed by atoms with Crippen molar-refractivity contribution in [2.75, 3.05) is 5.32 Å². The lowest BCUT2D eigenvalue weighted by Gasteiger charge is -2.19. The maximum atomic E-state index is 12.2. The van der Waals surface area contributed by atoms with Crippen molar-refractivity contribution in [2.24, 2.45) is 5.92 Å². The Morgan fingerprint density at radius 2 is 1.86 bits per heavy atom. The SMILES string of the molecule is CC(C)[C@H](NC(=O)Nc1ccccc1OC(F)F)C(=O)O. The number of aliphatic carboxylic acids is 1. The van der Waals surface area contributed by atoms with Crippen molar-refractivity contribution in [3.05, 3.63) is 24.3 Å². The van der Waals surface area contributed by atoms with E-state index in [2.05, 4.69) is 15.4 Å². The normalized spacial score (nSPS) is 12.1. The van der Waals surface area contributed by atoms with Crippen LogP contribution in [0.3, 0.4) is 0 Å². The second kappa shape index (κ2) is 7.41. The van der Waals surface area contributed by atoms with Crippen LogP contribution in [0.1, 0.15) is 13.8 Å². The van der Waals surface area contributed by atoms with Gasteiger partial charge >= 0.3 is 18.6 Å². The van der Waals surface area contributed by atoms with E-state index in [9.17, 15) is 18.4 Å². The van der Waals surface area contributed by atoms with Crippen molar-refractivity contribution in [1.82, 2.24) is 5.32 Å². The first-order valence-corrected chi connectivity index (χ1v) is 6.15. The Balaban J connectivity index is 2.77. The number of anilines is 1. The van der Waals surface area contributed by atoms with E-state index in [1.807, 2.05) is 0 Å². The van der Waals surface area contributed by atoms with Gasteiger partial charge in [-0.15, -0.1) is 0 Å². The lowest BCUT2D eigenvalue weighted by Crippen LogP contribution is -2.46. The molecule has 0 spiro atoms. The molecule has 8 heteroatoms. The van der Waals surface area contributed by atoms with Gasteiger partial charge in [0, 0.05) is 0 Å². The number of carboxylic acid groups (broad SMARTS) is 1. The van der Waals surface area contributed by atoms with E-state index in [-0.39, 0.29) is 17.4 Å². The number of carbonyl (C=O) groups excluding carboxylic acids is 1. The van der Waals surface area contributed by atoms with E-state index < -0.39 is 24.7 Å². The molecule has 0 aliphatic carbocycles. The molecule has 0 aliphatic heterocycles. The van der Waals surface area contributed by atoms with Crippen LogP contribution in [0.25, 0.3) is 0 Å². The summed E-state index contributed by atoms with van der Waals surface area (Å²) in [6.45, 7) is 0.235. The Morgan fingerprint density at radius 1 is 1.24 bits per heavy atom. The van der Waals surface area contributed by atoms with E-state index >= 15 is 0 Å². The molecule has 116 valence electrons. The van der Waals surface area contributed by atoms with Gasteiger partial charge in [-0.2, -0.15) is 8.78 Å². The van der Waals surface area contributed by atoms with E-state index in [0.29, 0.717) is 0 Å². The van der Waals surface area contributed by atoms with Crippen LogP contribution in [-0.2, 0) is 4.79 Å². The van der Waals surface area contributed by atoms with Crippen LogP contribution in [0.4, 0.5) is 19.3 Å². The van der Waals surface area contributed by atoms with E-state index in [1.54, 1.807) is 13.8 Å². The van der Waals surface area contributed by atoms with Crippen LogP contribution >= 0.6 is 0 Å². The molecular weight excluding hydrogens is 286 g/mol. The lowest BCUT2D eigenvalue weighted by atomic mass is 10.1. The van der Waals surface area contributed by atoms with E-state index in [1.165, 1.54) is 24.3 Å². The van der Waals surface area contributed by atoms with Gasteiger partial charge in [-0.1, -0.05) is 26.0 Å². The van der Waals surface area contributed by atoms with Crippen LogP contribution < -0.4 is 15.4 Å². The van der Waals surface area contributed by atoms with Crippen molar-refractivity contribution >= 4 is 17.7 Å². The summed E-state index contributed by atoms with van der Waals surface area (Å²) < 4.78 is 28.7. The molecule has 1 atom stereocenters. The topological polar surface area (TPSA) is 87.7 Å². The van der Waals surface area contributed by atoms with Gasteiger partial charge in [-0.3, -0.25) is 0 Å². The molecule has 0 saturated carbocycles. The zero-order chi connectivity index (χ0) is 16.0. The quantitative estimate of drug-likeness (QED) is 0.753. The van der Waals surface area contributed by atoms with Crippen LogP contribution in [-0.4, -0.2) is 29.8 Å². The number of amides is 2. The third-order valence-corrected chi connectivity index (χ3v) is 2.57. The molecule has 0 aromatic heterocycles. The van der Waals surface area contributed by atoms with Gasteiger partial charge in [0.2, 0.25) is 0 Å². The number of rotatable bonds is 6. The highest BCUT2D eigenvalue weighted by molar-refractivity contribution is 5.93. The number of hydrogen-bond donors (Lipinski definition) is 3. The first-order chi connectivity index (χ1) is 9.81. The van der Waals surface area contributed by atoms with Gasteiger partial charge in [0.25, 0.3) is 0 Å². The number of carboxylic acids is 1. The Labute approximate surface area is 120 Å². The van der Waals surface area contributed by atoms with Crippen LogP contribution in [0.15, 0.2) is 24.3 Å². The Hall–Kier alpha value is -2.38. The largest absolute Gasteiger partial charge is 0.480 e. The van der Waals surface area contributed by atoms with Crippen molar-refractivity contribution < 1.29 is 28.2 Å². The molecule has 0 bridgehead atoms. The average molecular weight is 302 g/mol. The minimum atomic E-state index is -3.03. The number of ether oxygens (including phenoxy) is 1. The summed E-state index contributed by atoms with van der Waals surface area (Å²) in [5, 5.41) is 13.5. The second-order valence-electron chi connectivity index (χ2n) is 4.53. The predicted molar refractivity (Wildman–Crippen MR) is 71.5 cm³/mol. The van der Waals surface area contributed by atoms with Gasteiger partial charge in [0.15, 0.2) is 0 Å². The summed E-state index contributed by atoms with van der Waals surface area (Å²) in [5.74, 6) is -1.72. The smallest absolute Gasteiger partial charge is 0.387 e. The highest BCUT2D eigenvalue weighted by Crippen LogP contribution is 2.25. The zero-order valence-corrected chi connectivity index (χ0v) is 11.5. The summed E-state index contributed by atoms with van der Waals surface area (Å²) in [7, 11) is 0. The zero-order valence-electron chi connectivity index (χ0n) is 11.5. The number of nitrogens with one attached hydrogen (secondary N) is 2. The fourth-order valence-corrected chi connectivity index (χ4v) is 1.58. The Kier molecular flexibility index (Phi) is 5.89. The summed E-state index contributed by atoms with van der Waals surface area (Å²) in [6, 6.07) is 3.70. The standard InChI is InChI=1S/C13H16F2N2O4/c1-7(2)10(11(18)19)17-13(20)16-8-5-3-4-6-9(8)21-12(14)15/h3-7,10,12H,1-2H3,(H,18,19)(H2,16,17,20)/t10-/m0/s1. The van der Waals surface area contributed by atoms with Gasteiger partial charge < -0.3 is 20.5 Å². The van der Waals surface area contributed by atoms with Crippen LogP contribution in [0.5, 0.6) is 5.75 Å². The third kappa shape index (κ3) is 5.25. The fraction of sp³-hybridized carbons (Fsp3) is 0.385. The lowest BCUT2D eigenvalue weighted by molar-refractivity contribution is -0.140. The molecule has 1 aromatic rings. The molecule has 1 rings (SSSR count). The molecule has 21 heavy (non-hydrogen) atoms. The summed E-state index contributed by atoms with van der Waals surface area (Å²) in [4.78, 5) is 22.7. The number of benzene rings is 1. The number of para-hydroxylation sites is 2. The van der Waals surface area contributed by atoms with Crippen molar-refractivity contribution in [3.63, 3.8) is 0 Å². The molecule has 0 heterocycles. The number of hydrogen-bond acceptors (Lipinski definition) is 3. The maximum Gasteiger partial charge on any atom is 0.387 e. The third-order valence-electron chi connectivity index (χ3n) is 2.57. The molecule has 0 saturated heterocycles. The molecule has 3 N–H and O–H groups in total. The average Bonchev–Trinajstić information content (AvgIpc) is 2.37. The summed E-state index contributed by atoms with van der Waals surface area (Å²) in [5.41, 5.74) is 0.0168. The molecule has 0 radical (unpaired) electrons. The van der Waals surface area contributed by atoms with E-state index in [4.69, 9.17) is 5.11 Å². The first kappa shape index (κ1) is 16.7. The van der Waals surface area contributed by atoms with Gasteiger partial charge in [0.05, 0.1) is 5.69 Å². The molecule has 1 aromatic carbocycles. The Bertz CT molecular complexity index is 509. The minimum Gasteiger partial charge on any atom is -0.480 e. The monoisotopic (exact) mass is 302 g/mol. The number of alkyl halides is 2. The highest BCUT2D eigenvalue weighted by Gasteiger charge is 2.23. The molecule has 0 unspecified atom stereocenters. The minimum absolute atomic E-state index is 0.0168. The van der Waals surface area contributed by atoms with Crippen LogP contribution in [0.2, 0.25) is 0 Å². The Morgan fingerprint density at radius 3 is 2.38 bits per heavy atom. The first-order valence-electron chi connectivity index (χ1n) is 6.15. The van der Waals surface area contributed by atoms with Gasteiger partial charge in [-0.25, -0.2) is 9.59 Å². The molecular formula is C13H16F2N2O4. The predicted octanol–water partition coefficient (Wildman–Crippen LogP) is 2.52. The van der Waals surface area contributed by atoms with Gasteiger partial charge in [0.1, 0.15) is 11.8 Å². The summed E-state index contributed by atoms with van der Waals surface area (Å²) in [6.07, 6.45) is 0. The number of carbonyl (C=O) groups is 2. The molecule has 0 fully saturated rings. The summed E-state index contributed by atoms with van der Waals surface area (Å²) >= 11 is 0. The van der Waals surface area contributed by atoms with Gasteiger partial charge in [-0.05, 0) is 18.1 Å². The fourth-order valence-electron chi connectivity index (χ4n) is 1.58. The number of urea groups is 1. The maximum absolute atomic E-state index is 12.2.